The van der Waals surface area contributed by atoms with Gasteiger partial charge in [0, 0.05) is 16.0 Å². The summed E-state index contributed by atoms with van der Waals surface area (Å²) in [4.78, 5) is 0. The molecule has 0 N–H and O–H groups in total. The lowest BCUT2D eigenvalue weighted by atomic mass is 9.92. The summed E-state index contributed by atoms with van der Waals surface area (Å²) in [6.07, 6.45) is 0.439. The minimum atomic E-state index is -4.68. The Hall–Kier alpha value is -1.17. The van der Waals surface area contributed by atoms with E-state index in [1.807, 2.05) is 6.08 Å². The molecular formula is C15H14F4OS. The molecule has 114 valence electrons. The zero-order valence-corrected chi connectivity index (χ0v) is 11.9. The van der Waals surface area contributed by atoms with Gasteiger partial charge in [-0.15, -0.1) is 0 Å². The van der Waals surface area contributed by atoms with Crippen LogP contribution in [0.4, 0.5) is 17.6 Å². The first-order valence-electron chi connectivity index (χ1n) is 6.83. The van der Waals surface area contributed by atoms with Crippen LogP contribution in [0.25, 0.3) is 5.57 Å². The van der Waals surface area contributed by atoms with Gasteiger partial charge in [-0.3, -0.25) is 4.21 Å². The summed E-state index contributed by atoms with van der Waals surface area (Å²) >= 11 is 0. The Bertz CT molecular complexity index is 621. The monoisotopic (exact) mass is 318 g/mol. The average molecular weight is 318 g/mol. The van der Waals surface area contributed by atoms with Gasteiger partial charge in [-0.1, -0.05) is 18.6 Å². The molecule has 3 unspecified atom stereocenters. The summed E-state index contributed by atoms with van der Waals surface area (Å²) in [5.74, 6) is -1.25. The van der Waals surface area contributed by atoms with Crippen LogP contribution in [0.5, 0.6) is 0 Å². The van der Waals surface area contributed by atoms with Gasteiger partial charge in [-0.05, 0) is 42.5 Å². The Morgan fingerprint density at radius 3 is 2.57 bits per heavy atom. The van der Waals surface area contributed by atoms with Crippen LogP contribution in [-0.2, 0) is 17.0 Å². The molecule has 1 aromatic rings. The van der Waals surface area contributed by atoms with Crippen molar-refractivity contribution in [1.29, 1.82) is 0 Å². The highest BCUT2D eigenvalue weighted by molar-refractivity contribution is 7.86. The van der Waals surface area contributed by atoms with E-state index < -0.39 is 28.4 Å². The molecule has 2 aliphatic rings. The summed E-state index contributed by atoms with van der Waals surface area (Å²) in [6.45, 7) is 0. The second kappa shape index (κ2) is 5.23. The molecule has 0 aliphatic carbocycles. The first-order chi connectivity index (χ1) is 9.86. The number of hydrogen-bond acceptors (Lipinski definition) is 1. The van der Waals surface area contributed by atoms with Crippen molar-refractivity contribution in [2.45, 2.75) is 42.4 Å². The second-order valence-corrected chi connectivity index (χ2v) is 7.44. The fourth-order valence-electron chi connectivity index (χ4n) is 3.06. The normalized spacial score (nSPS) is 29.1. The van der Waals surface area contributed by atoms with Crippen molar-refractivity contribution >= 4 is 16.4 Å². The van der Waals surface area contributed by atoms with E-state index in [1.165, 1.54) is 6.07 Å². The predicted molar refractivity (Wildman–Crippen MR) is 73.6 cm³/mol. The summed E-state index contributed by atoms with van der Waals surface area (Å²) in [5, 5.41) is 0.00644. The van der Waals surface area contributed by atoms with Gasteiger partial charge in [0.05, 0.1) is 10.8 Å². The van der Waals surface area contributed by atoms with Crippen LogP contribution < -0.4 is 0 Å². The number of hydrogen-bond donors (Lipinski definition) is 0. The highest BCUT2D eigenvalue weighted by atomic mass is 32.2. The van der Waals surface area contributed by atoms with Crippen molar-refractivity contribution in [2.75, 3.05) is 0 Å². The molecule has 1 saturated heterocycles. The Labute approximate surface area is 122 Å². The van der Waals surface area contributed by atoms with Crippen molar-refractivity contribution in [3.05, 3.63) is 41.2 Å². The van der Waals surface area contributed by atoms with Crippen LogP contribution >= 0.6 is 0 Å². The maximum atomic E-state index is 13.7. The van der Waals surface area contributed by atoms with Crippen molar-refractivity contribution in [3.63, 3.8) is 0 Å². The smallest absolute Gasteiger partial charge is 0.259 e. The summed E-state index contributed by atoms with van der Waals surface area (Å²) < 4.78 is 63.4. The largest absolute Gasteiger partial charge is 0.419 e. The van der Waals surface area contributed by atoms with Crippen LogP contribution in [-0.4, -0.2) is 14.7 Å². The van der Waals surface area contributed by atoms with Gasteiger partial charge in [0.2, 0.25) is 0 Å². The summed E-state index contributed by atoms with van der Waals surface area (Å²) in [6, 6.07) is 3.03. The topological polar surface area (TPSA) is 17.1 Å². The van der Waals surface area contributed by atoms with Gasteiger partial charge in [0.15, 0.2) is 0 Å². The molecule has 0 saturated carbocycles. The standard InChI is InChI=1S/C15H14F4OS/c16-14-8-9(4-5-13(14)15(17,18)19)10-6-11-2-1-3-12(7-10)21(11)20/h4-6,8,11-12H,1-3,7H2. The van der Waals surface area contributed by atoms with Gasteiger partial charge in [-0.25, -0.2) is 4.39 Å². The molecule has 1 nitrogen and oxygen atoms in total. The molecule has 1 aromatic carbocycles. The molecule has 2 bridgehead atoms. The lowest BCUT2D eigenvalue weighted by Gasteiger charge is -2.32. The maximum Gasteiger partial charge on any atom is 0.419 e. The zero-order valence-electron chi connectivity index (χ0n) is 11.1. The van der Waals surface area contributed by atoms with E-state index in [9.17, 15) is 21.8 Å². The van der Waals surface area contributed by atoms with Gasteiger partial charge in [0.25, 0.3) is 0 Å². The highest BCUT2D eigenvalue weighted by Gasteiger charge is 2.36. The first-order valence-corrected chi connectivity index (χ1v) is 8.11. The predicted octanol–water partition coefficient (Wildman–Crippen LogP) is 4.30. The highest BCUT2D eigenvalue weighted by Crippen LogP contribution is 2.38. The molecule has 1 fully saturated rings. The Kier molecular flexibility index (Phi) is 3.67. The maximum absolute atomic E-state index is 13.7. The zero-order chi connectivity index (χ0) is 15.2. The molecule has 6 heteroatoms. The first kappa shape index (κ1) is 14.8. The molecule has 3 atom stereocenters. The minimum absolute atomic E-state index is 0.0437. The number of rotatable bonds is 1. The fourth-order valence-corrected chi connectivity index (χ4v) is 4.99. The Morgan fingerprint density at radius 1 is 1.19 bits per heavy atom. The Morgan fingerprint density at radius 2 is 1.95 bits per heavy atom. The average Bonchev–Trinajstić information content (AvgIpc) is 2.36. The fraction of sp³-hybridized carbons (Fsp3) is 0.467. The third-order valence-corrected chi connectivity index (χ3v) is 6.15. The number of halogens is 4. The number of alkyl halides is 3. The molecule has 21 heavy (non-hydrogen) atoms. The van der Waals surface area contributed by atoms with Crippen LogP contribution in [0, 0.1) is 5.82 Å². The van der Waals surface area contributed by atoms with Gasteiger partial charge < -0.3 is 0 Å². The molecule has 2 heterocycles. The van der Waals surface area contributed by atoms with Crippen LogP contribution in [0.1, 0.15) is 36.8 Å². The van der Waals surface area contributed by atoms with Crippen molar-refractivity contribution in [2.24, 2.45) is 0 Å². The van der Waals surface area contributed by atoms with Gasteiger partial charge in [-0.2, -0.15) is 13.2 Å². The molecule has 0 spiro atoms. The SMILES string of the molecule is O=S1C2C=C(c3ccc(C(F)(F)F)c(F)c3)CC1CCC2. The minimum Gasteiger partial charge on any atom is -0.259 e. The van der Waals surface area contributed by atoms with E-state index in [-0.39, 0.29) is 10.5 Å². The molecule has 0 amide bonds. The number of fused-ring (bicyclic) bond motifs is 2. The van der Waals surface area contributed by atoms with Gasteiger partial charge in [0.1, 0.15) is 5.82 Å². The van der Waals surface area contributed by atoms with E-state index >= 15 is 0 Å². The number of benzene rings is 1. The third kappa shape index (κ3) is 2.78. The second-order valence-electron chi connectivity index (χ2n) is 5.51. The lowest BCUT2D eigenvalue weighted by Crippen LogP contribution is -2.33. The van der Waals surface area contributed by atoms with E-state index in [4.69, 9.17) is 0 Å². The summed E-state index contributed by atoms with van der Waals surface area (Å²) in [5.41, 5.74) is 0.0393. The summed E-state index contributed by atoms with van der Waals surface area (Å²) in [7, 11) is -0.904. The molecule has 2 aliphatic heterocycles. The Balaban J connectivity index is 1.95. The lowest BCUT2D eigenvalue weighted by molar-refractivity contribution is -0.140. The quantitative estimate of drug-likeness (QED) is 0.706. The van der Waals surface area contributed by atoms with E-state index in [2.05, 4.69) is 0 Å². The van der Waals surface area contributed by atoms with Crippen molar-refractivity contribution < 1.29 is 21.8 Å². The van der Waals surface area contributed by atoms with Crippen LogP contribution in [0.2, 0.25) is 0 Å². The van der Waals surface area contributed by atoms with E-state index in [1.54, 1.807) is 0 Å². The third-order valence-electron chi connectivity index (χ3n) is 4.12. The van der Waals surface area contributed by atoms with Crippen LogP contribution in [0.15, 0.2) is 24.3 Å². The molecule has 0 radical (unpaired) electrons. The molecule has 3 rings (SSSR count). The van der Waals surface area contributed by atoms with E-state index in [0.29, 0.717) is 12.0 Å². The van der Waals surface area contributed by atoms with Gasteiger partial charge >= 0.3 is 6.18 Å². The molecular weight excluding hydrogens is 304 g/mol. The van der Waals surface area contributed by atoms with Crippen molar-refractivity contribution in [3.8, 4) is 0 Å². The molecule has 0 aromatic heterocycles. The van der Waals surface area contributed by atoms with Crippen LogP contribution in [0.3, 0.4) is 0 Å². The van der Waals surface area contributed by atoms with E-state index in [0.717, 1.165) is 37.0 Å². The van der Waals surface area contributed by atoms with Crippen molar-refractivity contribution in [1.82, 2.24) is 0 Å². The number of allylic oxidation sites excluding steroid dienone is 1.